The van der Waals surface area contributed by atoms with Gasteiger partial charge < -0.3 is 14.5 Å². The summed E-state index contributed by atoms with van der Waals surface area (Å²) >= 11 is 0. The van der Waals surface area contributed by atoms with E-state index in [1.54, 1.807) is 24.1 Å². The maximum absolute atomic E-state index is 13.1. The van der Waals surface area contributed by atoms with Crippen LogP contribution in [-0.4, -0.2) is 68.6 Å². The summed E-state index contributed by atoms with van der Waals surface area (Å²) < 4.78 is 43.7. The highest BCUT2D eigenvalue weighted by Crippen LogP contribution is 2.19. The number of methoxy groups -OCH3 is 1. The monoisotopic (exact) mass is 448 g/mol. The van der Waals surface area contributed by atoms with Gasteiger partial charge in [0.1, 0.15) is 16.8 Å². The van der Waals surface area contributed by atoms with Crippen molar-refractivity contribution in [2.24, 2.45) is 0 Å². The Morgan fingerprint density at radius 1 is 1.03 bits per heavy atom. The highest BCUT2D eigenvalue weighted by molar-refractivity contribution is 7.92. The van der Waals surface area contributed by atoms with E-state index in [0.717, 1.165) is 29.8 Å². The molecule has 1 atom stereocenters. The largest absolute Gasteiger partial charge is 0.497 e. The molecule has 31 heavy (non-hydrogen) atoms. The van der Waals surface area contributed by atoms with Crippen LogP contribution < -0.4 is 4.74 Å². The molecule has 2 amide bonds. The highest BCUT2D eigenvalue weighted by Gasteiger charge is 2.34. The van der Waals surface area contributed by atoms with Gasteiger partial charge in [0.25, 0.3) is 0 Å². The maximum atomic E-state index is 13.1. The smallest absolute Gasteiger partial charge is 0.241 e. The van der Waals surface area contributed by atoms with Gasteiger partial charge in [0.05, 0.1) is 18.4 Å². The quantitative estimate of drug-likeness (QED) is 0.631. The number of piperazine rings is 1. The number of carbonyl (C=O) groups is 2. The van der Waals surface area contributed by atoms with Crippen molar-refractivity contribution in [2.75, 3.05) is 33.3 Å². The number of benzene rings is 2. The van der Waals surface area contributed by atoms with Crippen molar-refractivity contribution >= 4 is 21.7 Å². The van der Waals surface area contributed by atoms with Crippen LogP contribution in [0.4, 0.5) is 4.39 Å². The van der Waals surface area contributed by atoms with Gasteiger partial charge in [-0.15, -0.1) is 0 Å². The average molecular weight is 449 g/mol. The molecular weight excluding hydrogens is 423 g/mol. The number of sulfone groups is 1. The van der Waals surface area contributed by atoms with Gasteiger partial charge in [0.15, 0.2) is 9.84 Å². The van der Waals surface area contributed by atoms with Crippen LogP contribution in [0.3, 0.4) is 0 Å². The normalized spacial score (nSPS) is 15.5. The summed E-state index contributed by atoms with van der Waals surface area (Å²) in [4.78, 5) is 28.4. The number of amides is 2. The number of ether oxygens (including phenoxy) is 1. The van der Waals surface area contributed by atoms with Crippen LogP contribution in [0.1, 0.15) is 12.5 Å². The maximum Gasteiger partial charge on any atom is 0.241 e. The van der Waals surface area contributed by atoms with Crippen LogP contribution in [0.15, 0.2) is 53.4 Å². The summed E-state index contributed by atoms with van der Waals surface area (Å²) in [5.41, 5.74) is 0.835. The summed E-state index contributed by atoms with van der Waals surface area (Å²) in [6, 6.07) is 11.7. The third-order valence-corrected chi connectivity index (χ3v) is 7.45. The molecule has 1 heterocycles. The predicted molar refractivity (Wildman–Crippen MR) is 113 cm³/mol. The van der Waals surface area contributed by atoms with Crippen molar-refractivity contribution in [1.82, 2.24) is 9.80 Å². The predicted octanol–water partition coefficient (Wildman–Crippen LogP) is 1.91. The van der Waals surface area contributed by atoms with Gasteiger partial charge in [-0.3, -0.25) is 9.59 Å². The Morgan fingerprint density at radius 2 is 1.65 bits per heavy atom. The second-order valence-corrected chi connectivity index (χ2v) is 9.64. The van der Waals surface area contributed by atoms with Crippen LogP contribution in [0.2, 0.25) is 0 Å². The van der Waals surface area contributed by atoms with Gasteiger partial charge in [-0.25, -0.2) is 12.8 Å². The first-order chi connectivity index (χ1) is 14.7. The highest BCUT2D eigenvalue weighted by atomic mass is 32.2. The Labute approximate surface area is 181 Å². The first-order valence-electron chi connectivity index (χ1n) is 9.91. The molecule has 2 aromatic rings. The van der Waals surface area contributed by atoms with E-state index in [1.807, 2.05) is 12.1 Å². The van der Waals surface area contributed by atoms with Gasteiger partial charge in [-0.2, -0.15) is 0 Å². The molecule has 1 aliphatic rings. The fraction of sp³-hybridized carbons (Fsp3) is 0.364. The van der Waals surface area contributed by atoms with Crippen molar-refractivity contribution in [3.8, 4) is 5.75 Å². The standard InChI is InChI=1S/C22H25FN2O5S/c1-16(31(28,29)20-8-6-18(23)7-9-20)22(27)25-12-10-24(11-13-25)21(26)15-17-4-3-5-19(14-17)30-2/h3-9,14,16H,10-13,15H2,1-2H3. The third-order valence-electron chi connectivity index (χ3n) is 5.39. The molecule has 0 N–H and O–H groups in total. The number of hydrogen-bond acceptors (Lipinski definition) is 5. The van der Waals surface area contributed by atoms with Crippen molar-refractivity contribution in [3.05, 3.63) is 59.9 Å². The number of halogens is 1. The van der Waals surface area contributed by atoms with Gasteiger partial charge in [0.2, 0.25) is 11.8 Å². The number of carbonyl (C=O) groups excluding carboxylic acids is 2. The Bertz CT molecular complexity index is 1050. The second-order valence-electron chi connectivity index (χ2n) is 7.38. The van der Waals surface area contributed by atoms with Crippen molar-refractivity contribution in [2.45, 2.75) is 23.5 Å². The van der Waals surface area contributed by atoms with E-state index in [2.05, 4.69) is 0 Å². The number of nitrogens with zero attached hydrogens (tertiary/aromatic N) is 2. The minimum absolute atomic E-state index is 0.0627. The minimum Gasteiger partial charge on any atom is -0.497 e. The molecule has 7 nitrogen and oxygen atoms in total. The second kappa shape index (κ2) is 9.47. The van der Waals surface area contributed by atoms with E-state index in [9.17, 15) is 22.4 Å². The van der Waals surface area contributed by atoms with Gasteiger partial charge in [-0.1, -0.05) is 12.1 Å². The fourth-order valence-corrected chi connectivity index (χ4v) is 4.80. The zero-order valence-electron chi connectivity index (χ0n) is 17.5. The fourth-order valence-electron chi connectivity index (χ4n) is 3.46. The third kappa shape index (κ3) is 5.22. The first-order valence-corrected chi connectivity index (χ1v) is 11.5. The molecule has 1 saturated heterocycles. The molecule has 0 spiro atoms. The Balaban J connectivity index is 1.58. The van der Waals surface area contributed by atoms with Crippen molar-refractivity contribution in [1.29, 1.82) is 0 Å². The zero-order chi connectivity index (χ0) is 22.6. The van der Waals surface area contributed by atoms with Crippen LogP contribution in [0.25, 0.3) is 0 Å². The molecule has 0 aromatic heterocycles. The molecule has 0 saturated carbocycles. The Kier molecular flexibility index (Phi) is 6.94. The molecule has 0 aliphatic carbocycles. The lowest BCUT2D eigenvalue weighted by atomic mass is 10.1. The lowest BCUT2D eigenvalue weighted by Gasteiger charge is -2.36. The van der Waals surface area contributed by atoms with E-state index >= 15 is 0 Å². The van der Waals surface area contributed by atoms with Crippen LogP contribution in [-0.2, 0) is 25.8 Å². The Hall–Kier alpha value is -2.94. The molecule has 1 unspecified atom stereocenters. The summed E-state index contributed by atoms with van der Waals surface area (Å²) in [7, 11) is -2.37. The van der Waals surface area contributed by atoms with Crippen molar-refractivity contribution in [3.63, 3.8) is 0 Å². The molecule has 3 rings (SSSR count). The summed E-state index contributed by atoms with van der Waals surface area (Å²) in [5.74, 6) is -0.457. The van der Waals surface area contributed by atoms with Crippen LogP contribution in [0, 0.1) is 5.82 Å². The van der Waals surface area contributed by atoms with Gasteiger partial charge in [0, 0.05) is 26.2 Å². The van der Waals surface area contributed by atoms with E-state index in [1.165, 1.54) is 11.8 Å². The van der Waals surface area contributed by atoms with Crippen LogP contribution >= 0.6 is 0 Å². The van der Waals surface area contributed by atoms with E-state index in [4.69, 9.17) is 4.74 Å². The van der Waals surface area contributed by atoms with Gasteiger partial charge in [-0.05, 0) is 48.9 Å². The summed E-state index contributed by atoms with van der Waals surface area (Å²) in [5, 5.41) is -1.29. The summed E-state index contributed by atoms with van der Waals surface area (Å²) in [6.07, 6.45) is 0.223. The zero-order valence-corrected chi connectivity index (χ0v) is 18.3. The van der Waals surface area contributed by atoms with E-state index in [0.29, 0.717) is 18.8 Å². The lowest BCUT2D eigenvalue weighted by molar-refractivity contribution is -0.138. The lowest BCUT2D eigenvalue weighted by Crippen LogP contribution is -2.53. The van der Waals surface area contributed by atoms with E-state index < -0.39 is 26.8 Å². The van der Waals surface area contributed by atoms with Gasteiger partial charge >= 0.3 is 0 Å². The minimum atomic E-state index is -3.93. The van der Waals surface area contributed by atoms with Crippen LogP contribution in [0.5, 0.6) is 5.75 Å². The number of rotatable bonds is 6. The molecule has 0 bridgehead atoms. The Morgan fingerprint density at radius 3 is 2.26 bits per heavy atom. The molecule has 2 aromatic carbocycles. The molecule has 1 fully saturated rings. The number of hydrogen-bond donors (Lipinski definition) is 0. The molecular formula is C22H25FN2O5S. The first kappa shape index (κ1) is 22.7. The summed E-state index contributed by atoms with van der Waals surface area (Å²) in [6.45, 7) is 2.51. The molecule has 166 valence electrons. The molecule has 0 radical (unpaired) electrons. The average Bonchev–Trinajstić information content (AvgIpc) is 2.78. The molecule has 1 aliphatic heterocycles. The van der Waals surface area contributed by atoms with Crippen molar-refractivity contribution < 1.29 is 27.1 Å². The van der Waals surface area contributed by atoms with E-state index in [-0.39, 0.29) is 30.3 Å². The topological polar surface area (TPSA) is 84.0 Å². The molecule has 9 heteroatoms. The SMILES string of the molecule is COc1cccc(CC(=O)N2CCN(C(=O)C(C)S(=O)(=O)c3ccc(F)cc3)CC2)c1.